The van der Waals surface area contributed by atoms with Crippen LogP contribution in [0.5, 0.6) is 0 Å². The number of pyridine rings is 2. The van der Waals surface area contributed by atoms with Crippen molar-refractivity contribution in [2.75, 3.05) is 11.9 Å². The fraction of sp³-hybridized carbons (Fsp3) is 0.400. The number of hydrogen-bond donors (Lipinski definition) is 3. The molecule has 4 aromatic heterocycles. The number of aliphatic hydroxyl groups is 2. The van der Waals surface area contributed by atoms with Crippen molar-refractivity contribution in [1.29, 1.82) is 10.5 Å². The molecule has 0 amide bonds. The lowest BCUT2D eigenvalue weighted by Crippen LogP contribution is -2.34. The van der Waals surface area contributed by atoms with E-state index in [1.165, 1.54) is 6.20 Å². The summed E-state index contributed by atoms with van der Waals surface area (Å²) in [6.45, 7) is 1.73. The van der Waals surface area contributed by atoms with Gasteiger partial charge in [0, 0.05) is 30.2 Å². The van der Waals surface area contributed by atoms with Crippen LogP contribution in [0.2, 0.25) is 0 Å². The number of anilines is 1. The van der Waals surface area contributed by atoms with Gasteiger partial charge in [0.2, 0.25) is 0 Å². The summed E-state index contributed by atoms with van der Waals surface area (Å²) in [4.78, 5) is 8.93. The van der Waals surface area contributed by atoms with Crippen molar-refractivity contribution in [3.8, 4) is 23.6 Å². The van der Waals surface area contributed by atoms with Gasteiger partial charge in [-0.25, -0.2) is 14.6 Å². The Labute approximate surface area is 212 Å². The van der Waals surface area contributed by atoms with Crippen molar-refractivity contribution < 1.29 is 10.2 Å². The van der Waals surface area contributed by atoms with Crippen LogP contribution in [-0.4, -0.2) is 63.2 Å². The van der Waals surface area contributed by atoms with Crippen molar-refractivity contribution >= 4 is 16.7 Å². The average molecular weight is 499 g/mol. The van der Waals surface area contributed by atoms with Gasteiger partial charge in [0.05, 0.1) is 47.2 Å². The number of aromatic nitrogens is 7. The molecule has 0 saturated heterocycles. The van der Waals surface area contributed by atoms with Crippen LogP contribution in [0.4, 0.5) is 5.69 Å². The molecule has 37 heavy (non-hydrogen) atoms. The second-order valence-corrected chi connectivity index (χ2v) is 9.42. The lowest BCUT2D eigenvalue weighted by Gasteiger charge is -2.34. The summed E-state index contributed by atoms with van der Waals surface area (Å²) in [5, 5.41) is 55.4. The monoisotopic (exact) mass is 498 g/mol. The Kier molecular flexibility index (Phi) is 6.53. The van der Waals surface area contributed by atoms with E-state index < -0.39 is 11.6 Å². The Morgan fingerprint density at radius 3 is 2.73 bits per heavy atom. The smallest absolute Gasteiger partial charge is 0.164 e. The number of aliphatic hydroxyl groups excluding tert-OH is 1. The molecule has 12 nitrogen and oxygen atoms in total. The van der Waals surface area contributed by atoms with Crippen LogP contribution in [0.3, 0.4) is 0 Å². The van der Waals surface area contributed by atoms with Crippen LogP contribution in [0.1, 0.15) is 56.2 Å². The van der Waals surface area contributed by atoms with Crippen LogP contribution >= 0.6 is 0 Å². The van der Waals surface area contributed by atoms with Gasteiger partial charge in [-0.15, -0.1) is 5.10 Å². The topological polar surface area (TPSA) is 174 Å². The quantitative estimate of drug-likeness (QED) is 0.343. The maximum Gasteiger partial charge on any atom is 0.164 e. The first kappa shape index (κ1) is 24.3. The largest absolute Gasteiger partial charge is 0.396 e. The number of hydrogen-bond acceptors (Lipinski definition) is 10. The average Bonchev–Trinajstić information content (AvgIpc) is 3.56. The fourth-order valence-electron chi connectivity index (χ4n) is 4.76. The predicted octanol–water partition coefficient (Wildman–Crippen LogP) is 2.36. The van der Waals surface area contributed by atoms with E-state index in [0.29, 0.717) is 53.1 Å². The van der Waals surface area contributed by atoms with E-state index >= 15 is 0 Å². The highest BCUT2D eigenvalue weighted by Crippen LogP contribution is 2.39. The van der Waals surface area contributed by atoms with Crippen molar-refractivity contribution in [3.63, 3.8) is 0 Å². The SMILES string of the molecule is C[C@H](C#N)Nc1cc(-n2ncc3cc(C#N)cnc32)ncc1-n1cc(C2CCC(O)(CCO)CC2)nn1. The lowest BCUT2D eigenvalue weighted by molar-refractivity contribution is -0.0206. The van der Waals surface area contributed by atoms with Gasteiger partial charge in [0.1, 0.15) is 17.8 Å². The van der Waals surface area contributed by atoms with Gasteiger partial charge in [-0.1, -0.05) is 5.21 Å². The second-order valence-electron chi connectivity index (χ2n) is 9.42. The van der Waals surface area contributed by atoms with Gasteiger partial charge in [0.25, 0.3) is 0 Å². The first-order valence-electron chi connectivity index (χ1n) is 12.1. The van der Waals surface area contributed by atoms with E-state index in [1.54, 1.807) is 40.8 Å². The highest BCUT2D eigenvalue weighted by Gasteiger charge is 2.34. The summed E-state index contributed by atoms with van der Waals surface area (Å²) in [5.74, 6) is 0.647. The molecule has 0 aromatic carbocycles. The minimum absolute atomic E-state index is 0.0253. The molecule has 3 N–H and O–H groups in total. The number of rotatable bonds is 7. The van der Waals surface area contributed by atoms with Crippen molar-refractivity contribution in [2.45, 2.75) is 56.6 Å². The molecule has 1 atom stereocenters. The van der Waals surface area contributed by atoms with Crippen molar-refractivity contribution in [1.82, 2.24) is 34.7 Å². The molecule has 4 aromatic rings. The van der Waals surface area contributed by atoms with Crippen LogP contribution < -0.4 is 5.32 Å². The van der Waals surface area contributed by atoms with Crippen LogP contribution in [0, 0.1) is 22.7 Å². The van der Waals surface area contributed by atoms with Gasteiger partial charge >= 0.3 is 0 Å². The molecule has 0 bridgehead atoms. The lowest BCUT2D eigenvalue weighted by atomic mass is 9.76. The third kappa shape index (κ3) is 4.85. The molecule has 1 saturated carbocycles. The maximum absolute atomic E-state index is 10.6. The molecule has 1 aliphatic carbocycles. The molecule has 1 fully saturated rings. The first-order chi connectivity index (χ1) is 17.9. The first-order valence-corrected chi connectivity index (χ1v) is 12.1. The summed E-state index contributed by atoms with van der Waals surface area (Å²) in [5.41, 5.74) is 2.25. The molecule has 12 heteroatoms. The maximum atomic E-state index is 10.6. The molecule has 0 spiro atoms. The zero-order chi connectivity index (χ0) is 26.0. The van der Waals surface area contributed by atoms with Crippen molar-refractivity contribution in [2.24, 2.45) is 0 Å². The summed E-state index contributed by atoms with van der Waals surface area (Å²) in [6, 6.07) is 7.25. The molecule has 188 valence electrons. The molecule has 5 rings (SSSR count). The Balaban J connectivity index is 1.46. The summed E-state index contributed by atoms with van der Waals surface area (Å²) in [7, 11) is 0. The minimum Gasteiger partial charge on any atom is -0.396 e. The van der Waals surface area contributed by atoms with Gasteiger partial charge in [0.15, 0.2) is 11.5 Å². The van der Waals surface area contributed by atoms with Crippen molar-refractivity contribution in [3.05, 3.63) is 48.2 Å². The number of nitriles is 2. The molecule has 0 radical (unpaired) electrons. The Morgan fingerprint density at radius 2 is 2.00 bits per heavy atom. The van der Waals surface area contributed by atoms with E-state index in [0.717, 1.165) is 18.5 Å². The summed E-state index contributed by atoms with van der Waals surface area (Å²) in [6.07, 6.45) is 9.72. The van der Waals surface area contributed by atoms with Gasteiger partial charge in [-0.05, 0) is 45.1 Å². The second kappa shape index (κ2) is 9.93. The number of nitrogens with zero attached hydrogens (tertiary/aromatic N) is 9. The van der Waals surface area contributed by atoms with E-state index in [4.69, 9.17) is 5.26 Å². The highest BCUT2D eigenvalue weighted by molar-refractivity contribution is 5.77. The Hall–Kier alpha value is -4.39. The molecule has 4 heterocycles. The molecule has 0 aliphatic heterocycles. The van der Waals surface area contributed by atoms with Crippen LogP contribution in [0.25, 0.3) is 22.5 Å². The van der Waals surface area contributed by atoms with Gasteiger partial charge in [-0.3, -0.25) is 0 Å². The van der Waals surface area contributed by atoms with Crippen LogP contribution in [-0.2, 0) is 0 Å². The molecule has 0 unspecified atom stereocenters. The molecule has 1 aliphatic rings. The highest BCUT2D eigenvalue weighted by atomic mass is 16.3. The van der Waals surface area contributed by atoms with E-state index in [2.05, 4.69) is 42.8 Å². The third-order valence-corrected chi connectivity index (χ3v) is 6.86. The zero-order valence-corrected chi connectivity index (χ0v) is 20.3. The normalized spacial score (nSPS) is 20.3. The third-order valence-electron chi connectivity index (χ3n) is 6.86. The van der Waals surface area contributed by atoms with Gasteiger partial charge in [-0.2, -0.15) is 20.3 Å². The predicted molar refractivity (Wildman–Crippen MR) is 133 cm³/mol. The number of fused-ring (bicyclic) bond motifs is 1. The standard InChI is InChI=1S/C25H26N10O2/c1-16(10-26)31-20-9-23(35-24-19(13-30-35)8-17(11-27)12-29-24)28-14-22(20)34-15-21(32-33-34)18-2-4-25(37,5-3-18)6-7-36/h8-9,12-16,18,36-37H,2-7H2,1H3,(H,28,31)/t16-,18?,25?/m1/s1. The molecular formula is C25H26N10O2. The van der Waals surface area contributed by atoms with Gasteiger partial charge < -0.3 is 15.5 Å². The minimum atomic E-state index is -0.812. The summed E-state index contributed by atoms with van der Waals surface area (Å²) >= 11 is 0. The fourth-order valence-corrected chi connectivity index (χ4v) is 4.76. The van der Waals surface area contributed by atoms with Crippen LogP contribution in [0.15, 0.2) is 36.9 Å². The molecular weight excluding hydrogens is 472 g/mol. The van der Waals surface area contributed by atoms with E-state index in [9.17, 15) is 15.5 Å². The van der Waals surface area contributed by atoms with E-state index in [-0.39, 0.29) is 12.5 Å². The summed E-state index contributed by atoms with van der Waals surface area (Å²) < 4.78 is 3.20. The zero-order valence-electron chi connectivity index (χ0n) is 20.3. The van der Waals surface area contributed by atoms with E-state index in [1.807, 2.05) is 6.20 Å². The number of nitrogens with one attached hydrogen (secondary N) is 1. The Bertz CT molecular complexity index is 1500. The Morgan fingerprint density at radius 1 is 1.19 bits per heavy atom.